The molecule has 0 amide bonds. The molecule has 3 nitrogen and oxygen atoms in total. The lowest BCUT2D eigenvalue weighted by Gasteiger charge is -2.51. The zero-order valence-electron chi connectivity index (χ0n) is 17.7. The molecule has 3 aromatic rings. The molecule has 0 radical (unpaired) electrons. The SMILES string of the molecule is C[C@H]1c2ccccc2B2N1B1c3ccccc3[C@H](C)N1B1c3ccccc3[C@H](C)N21. The van der Waals surface area contributed by atoms with Gasteiger partial charge >= 0.3 is 20.9 Å². The predicted octanol–water partition coefficient (Wildman–Crippen LogP) is 2.32. The van der Waals surface area contributed by atoms with Crippen LogP contribution < -0.4 is 16.4 Å². The lowest BCUT2D eigenvalue weighted by atomic mass is 9.41. The van der Waals surface area contributed by atoms with Crippen molar-refractivity contribution in [1.82, 2.24) is 14.2 Å². The van der Waals surface area contributed by atoms with E-state index in [1.807, 2.05) is 0 Å². The number of hydrogen-bond acceptors (Lipinski definition) is 3. The smallest absolute Gasteiger partial charge is 0.327 e. The Hall–Kier alpha value is -2.27. The first-order valence-corrected chi connectivity index (χ1v) is 11.3. The molecule has 7 rings (SSSR count). The number of hydrogen-bond donors (Lipinski definition) is 0. The molecular weight excluding hydrogens is 363 g/mol. The van der Waals surface area contributed by atoms with Crippen molar-refractivity contribution in [1.29, 1.82) is 0 Å². The van der Waals surface area contributed by atoms with Crippen LogP contribution in [0.25, 0.3) is 0 Å². The highest BCUT2D eigenvalue weighted by molar-refractivity contribution is 7.00. The van der Waals surface area contributed by atoms with Crippen molar-refractivity contribution in [2.24, 2.45) is 0 Å². The average molecular weight is 387 g/mol. The number of nitrogens with zero attached hydrogens (tertiary/aromatic N) is 3. The first kappa shape index (κ1) is 17.4. The number of fused-ring (bicyclic) bond motifs is 12. The van der Waals surface area contributed by atoms with Crippen LogP contribution in [0.15, 0.2) is 72.8 Å². The fourth-order valence-electron chi connectivity index (χ4n) is 6.96. The van der Waals surface area contributed by atoms with Crippen LogP contribution in [-0.2, 0) is 0 Å². The molecule has 3 aromatic carbocycles. The Kier molecular flexibility index (Phi) is 3.43. The summed E-state index contributed by atoms with van der Waals surface area (Å²) in [6.07, 6.45) is 0. The largest absolute Gasteiger partial charge is 0.343 e. The van der Waals surface area contributed by atoms with Crippen molar-refractivity contribution in [3.63, 3.8) is 0 Å². The minimum absolute atomic E-state index is 0.309. The summed E-state index contributed by atoms with van der Waals surface area (Å²) < 4.78 is 8.35. The first-order chi connectivity index (χ1) is 14.7. The molecule has 4 heterocycles. The first-order valence-electron chi connectivity index (χ1n) is 11.3. The van der Waals surface area contributed by atoms with Crippen LogP contribution in [0.4, 0.5) is 0 Å². The van der Waals surface area contributed by atoms with E-state index in [2.05, 4.69) is 108 Å². The number of benzene rings is 3. The van der Waals surface area contributed by atoms with E-state index in [9.17, 15) is 0 Å². The van der Waals surface area contributed by atoms with Crippen LogP contribution >= 0.6 is 0 Å². The standard InChI is InChI=1S/C24H24B3N3/c1-16-19-10-4-7-13-22(19)25-28(16)26-23-14-8-5-11-20(23)17(2)30(26)27-24-15-9-6-12-21(24)18(3)29(25)27/h4-18H,1-3H3/t16-,17-,18-/m0/s1. The Bertz CT molecular complexity index is 1030. The van der Waals surface area contributed by atoms with Crippen molar-refractivity contribution in [2.45, 2.75) is 38.9 Å². The molecule has 30 heavy (non-hydrogen) atoms. The molecule has 4 aliphatic rings. The van der Waals surface area contributed by atoms with Crippen LogP contribution in [0.5, 0.6) is 0 Å². The van der Waals surface area contributed by atoms with Crippen LogP contribution in [0, 0.1) is 0 Å². The van der Waals surface area contributed by atoms with Crippen LogP contribution in [0.1, 0.15) is 55.6 Å². The minimum atomic E-state index is 0.309. The molecule has 0 aliphatic carbocycles. The normalized spacial score (nSPS) is 26.9. The van der Waals surface area contributed by atoms with Gasteiger partial charge in [-0.15, -0.1) is 0 Å². The molecule has 0 aromatic heterocycles. The second-order valence-electron chi connectivity index (χ2n) is 9.38. The van der Waals surface area contributed by atoms with Crippen LogP contribution in [-0.4, -0.2) is 35.1 Å². The maximum absolute atomic E-state index is 2.78. The van der Waals surface area contributed by atoms with Gasteiger partial charge in [-0.3, -0.25) is 0 Å². The minimum Gasteiger partial charge on any atom is -0.343 e. The van der Waals surface area contributed by atoms with Gasteiger partial charge in [0, 0.05) is 18.1 Å². The molecule has 0 spiro atoms. The second kappa shape index (κ2) is 5.91. The molecule has 4 aliphatic heterocycles. The van der Waals surface area contributed by atoms with Crippen molar-refractivity contribution in [3.05, 3.63) is 89.5 Å². The van der Waals surface area contributed by atoms with Gasteiger partial charge in [0.25, 0.3) is 0 Å². The van der Waals surface area contributed by atoms with Crippen molar-refractivity contribution >= 4 is 37.3 Å². The van der Waals surface area contributed by atoms with Gasteiger partial charge in [-0.2, -0.15) is 0 Å². The van der Waals surface area contributed by atoms with E-state index in [4.69, 9.17) is 0 Å². The van der Waals surface area contributed by atoms with E-state index in [0.717, 1.165) is 0 Å². The lowest BCUT2D eigenvalue weighted by Crippen LogP contribution is -2.79. The molecule has 144 valence electrons. The third-order valence-corrected chi connectivity index (χ3v) is 8.21. The van der Waals surface area contributed by atoms with Crippen molar-refractivity contribution < 1.29 is 0 Å². The predicted molar refractivity (Wildman–Crippen MR) is 126 cm³/mol. The van der Waals surface area contributed by atoms with Gasteiger partial charge in [-0.1, -0.05) is 72.8 Å². The van der Waals surface area contributed by atoms with E-state index in [1.54, 1.807) is 0 Å². The Balaban J connectivity index is 1.52. The Morgan fingerprint density at radius 1 is 0.467 bits per heavy atom. The highest BCUT2D eigenvalue weighted by atomic mass is 15.4. The van der Waals surface area contributed by atoms with Gasteiger partial charge in [0.15, 0.2) is 0 Å². The monoisotopic (exact) mass is 387 g/mol. The highest BCUT2D eigenvalue weighted by Crippen LogP contribution is 2.45. The van der Waals surface area contributed by atoms with Crippen LogP contribution in [0.2, 0.25) is 0 Å². The van der Waals surface area contributed by atoms with E-state index in [0.29, 0.717) is 39.1 Å². The molecule has 1 fully saturated rings. The zero-order valence-corrected chi connectivity index (χ0v) is 17.7. The highest BCUT2D eigenvalue weighted by Gasteiger charge is 2.65. The van der Waals surface area contributed by atoms with Gasteiger partial charge in [0.05, 0.1) is 0 Å². The van der Waals surface area contributed by atoms with Gasteiger partial charge < -0.3 is 14.2 Å². The third-order valence-electron chi connectivity index (χ3n) is 8.21. The summed E-state index contributed by atoms with van der Waals surface area (Å²) in [6.45, 7) is 8.12. The summed E-state index contributed by atoms with van der Waals surface area (Å²) in [7, 11) is 0. The second-order valence-corrected chi connectivity index (χ2v) is 9.38. The van der Waals surface area contributed by atoms with E-state index < -0.39 is 0 Å². The molecule has 1 saturated heterocycles. The summed E-state index contributed by atoms with van der Waals surface area (Å²) in [4.78, 5) is 0. The summed E-state index contributed by atoms with van der Waals surface area (Å²) in [6, 6.07) is 28.6. The van der Waals surface area contributed by atoms with E-state index >= 15 is 0 Å². The molecule has 0 N–H and O–H groups in total. The summed E-state index contributed by atoms with van der Waals surface area (Å²) in [5.41, 5.74) is 8.94. The summed E-state index contributed by atoms with van der Waals surface area (Å²) in [5.74, 6) is 0. The molecule has 0 saturated carbocycles. The maximum Gasteiger partial charge on any atom is 0.327 e. The topological polar surface area (TPSA) is 9.72 Å². The van der Waals surface area contributed by atoms with Gasteiger partial charge in [-0.05, 0) is 53.8 Å². The Morgan fingerprint density at radius 2 is 0.733 bits per heavy atom. The van der Waals surface area contributed by atoms with Gasteiger partial charge in [0.2, 0.25) is 0 Å². The quantitative estimate of drug-likeness (QED) is 0.549. The van der Waals surface area contributed by atoms with E-state index in [1.165, 1.54) is 33.1 Å². The van der Waals surface area contributed by atoms with Crippen molar-refractivity contribution in [2.75, 3.05) is 0 Å². The Labute approximate surface area is 180 Å². The fourth-order valence-corrected chi connectivity index (χ4v) is 6.96. The lowest BCUT2D eigenvalue weighted by molar-refractivity contribution is 0.372. The number of rotatable bonds is 0. The third kappa shape index (κ3) is 1.91. The molecule has 6 heteroatoms. The Morgan fingerprint density at radius 3 is 1.03 bits per heavy atom. The summed E-state index contributed by atoms with van der Waals surface area (Å²) in [5, 5.41) is 0. The molecule has 3 atom stereocenters. The van der Waals surface area contributed by atoms with Crippen LogP contribution in [0.3, 0.4) is 0 Å². The molecule has 0 unspecified atom stereocenters. The molecular formula is C24H24B3N3. The maximum atomic E-state index is 2.78. The zero-order chi connectivity index (χ0) is 20.1. The summed E-state index contributed by atoms with van der Waals surface area (Å²) >= 11 is 0. The van der Waals surface area contributed by atoms with Gasteiger partial charge in [-0.25, -0.2) is 0 Å². The van der Waals surface area contributed by atoms with Crippen molar-refractivity contribution in [3.8, 4) is 0 Å². The van der Waals surface area contributed by atoms with Gasteiger partial charge in [0.1, 0.15) is 0 Å². The molecule has 0 bridgehead atoms. The average Bonchev–Trinajstić information content (AvgIpc) is 3.36. The van der Waals surface area contributed by atoms with E-state index in [-0.39, 0.29) is 0 Å². The fraction of sp³-hybridized carbons (Fsp3) is 0.250.